The first-order valence-corrected chi connectivity index (χ1v) is 8.16. The Bertz CT molecular complexity index is 862. The van der Waals surface area contributed by atoms with Crippen LogP contribution in [0.5, 0.6) is 0 Å². The summed E-state index contributed by atoms with van der Waals surface area (Å²) in [6.07, 6.45) is 2.99. The van der Waals surface area contributed by atoms with E-state index in [4.69, 9.17) is 4.74 Å². The van der Waals surface area contributed by atoms with Crippen LogP contribution in [0.3, 0.4) is 0 Å². The van der Waals surface area contributed by atoms with Crippen LogP contribution >= 0.6 is 0 Å². The average Bonchev–Trinajstić information content (AvgIpc) is 3.22. The second-order valence-corrected chi connectivity index (χ2v) is 5.44. The van der Waals surface area contributed by atoms with Gasteiger partial charge in [0.05, 0.1) is 11.3 Å². The molecule has 2 aromatic carbocycles. The van der Waals surface area contributed by atoms with Crippen molar-refractivity contribution in [3.8, 4) is 5.69 Å². The lowest BCUT2D eigenvalue weighted by Crippen LogP contribution is -2.34. The molecule has 0 fully saturated rings. The zero-order valence-corrected chi connectivity index (χ0v) is 14.3. The molecule has 26 heavy (non-hydrogen) atoms. The van der Waals surface area contributed by atoms with E-state index in [9.17, 15) is 9.59 Å². The number of hydrogen-bond donors (Lipinski definition) is 0. The molecule has 132 valence electrons. The highest BCUT2D eigenvalue weighted by atomic mass is 16.5. The third-order valence-corrected chi connectivity index (χ3v) is 3.80. The molecule has 3 aromatic rings. The van der Waals surface area contributed by atoms with E-state index < -0.39 is 5.97 Å². The van der Waals surface area contributed by atoms with Gasteiger partial charge in [0.2, 0.25) is 0 Å². The topological polar surface area (TPSA) is 77.3 Å². The van der Waals surface area contributed by atoms with E-state index in [1.165, 1.54) is 6.33 Å². The second-order valence-electron chi connectivity index (χ2n) is 5.44. The normalized spacial score (nSPS) is 10.3. The molecular formula is C19H18N4O3. The van der Waals surface area contributed by atoms with E-state index in [1.807, 2.05) is 37.3 Å². The van der Waals surface area contributed by atoms with E-state index in [-0.39, 0.29) is 12.5 Å². The van der Waals surface area contributed by atoms with Crippen LogP contribution < -0.4 is 4.90 Å². The van der Waals surface area contributed by atoms with Crippen molar-refractivity contribution in [2.24, 2.45) is 0 Å². The zero-order chi connectivity index (χ0) is 18.4. The van der Waals surface area contributed by atoms with Crippen molar-refractivity contribution in [3.63, 3.8) is 0 Å². The van der Waals surface area contributed by atoms with Crippen LogP contribution in [0.25, 0.3) is 5.69 Å². The van der Waals surface area contributed by atoms with Gasteiger partial charge >= 0.3 is 5.97 Å². The number of ether oxygens (including phenoxy) is 1. The van der Waals surface area contributed by atoms with Gasteiger partial charge in [0, 0.05) is 12.2 Å². The Balaban J connectivity index is 1.60. The molecule has 0 aliphatic heterocycles. The molecule has 0 unspecified atom stereocenters. The van der Waals surface area contributed by atoms with Crippen molar-refractivity contribution in [3.05, 3.63) is 72.8 Å². The predicted octanol–water partition coefficient (Wildman–Crippen LogP) is 2.48. The molecule has 1 aromatic heterocycles. The summed E-state index contributed by atoms with van der Waals surface area (Å²) in [5.74, 6) is -0.820. The fraction of sp³-hybridized carbons (Fsp3) is 0.158. The van der Waals surface area contributed by atoms with Gasteiger partial charge in [-0.25, -0.2) is 14.5 Å². The summed E-state index contributed by atoms with van der Waals surface area (Å²) < 4.78 is 6.74. The van der Waals surface area contributed by atoms with E-state index in [1.54, 1.807) is 40.2 Å². The highest BCUT2D eigenvalue weighted by Gasteiger charge is 2.16. The van der Waals surface area contributed by atoms with Crippen LogP contribution in [-0.4, -0.2) is 39.8 Å². The van der Waals surface area contributed by atoms with Gasteiger partial charge in [-0.05, 0) is 43.3 Å². The average molecular weight is 350 g/mol. The molecule has 7 heteroatoms. The first kappa shape index (κ1) is 17.3. The summed E-state index contributed by atoms with van der Waals surface area (Å²) in [6, 6.07) is 16.0. The number of carbonyl (C=O) groups is 2. The smallest absolute Gasteiger partial charge is 0.338 e. The molecule has 0 aliphatic carbocycles. The van der Waals surface area contributed by atoms with E-state index >= 15 is 0 Å². The van der Waals surface area contributed by atoms with E-state index in [2.05, 4.69) is 10.1 Å². The number of hydrogen-bond acceptors (Lipinski definition) is 5. The Morgan fingerprint density at radius 1 is 1.08 bits per heavy atom. The number of benzene rings is 2. The lowest BCUT2D eigenvalue weighted by molar-refractivity contribution is -0.121. The highest BCUT2D eigenvalue weighted by molar-refractivity contribution is 5.97. The van der Waals surface area contributed by atoms with Crippen LogP contribution in [0.2, 0.25) is 0 Å². The number of amides is 1. The Hall–Kier alpha value is -3.48. The number of aromatic nitrogens is 3. The van der Waals surface area contributed by atoms with E-state index in [0.717, 1.165) is 11.4 Å². The zero-order valence-electron chi connectivity index (χ0n) is 14.3. The Kier molecular flexibility index (Phi) is 5.38. The van der Waals surface area contributed by atoms with Crippen LogP contribution in [0.15, 0.2) is 67.3 Å². The number of nitrogens with zero attached hydrogens (tertiary/aromatic N) is 4. The van der Waals surface area contributed by atoms with Gasteiger partial charge in [-0.15, -0.1) is 0 Å². The molecule has 0 bridgehead atoms. The number of likely N-dealkylation sites (N-methyl/N-ethyl adjacent to an activating group) is 1. The molecule has 1 heterocycles. The minimum atomic E-state index is -0.549. The summed E-state index contributed by atoms with van der Waals surface area (Å²) >= 11 is 0. The molecule has 0 spiro atoms. The summed E-state index contributed by atoms with van der Waals surface area (Å²) in [4.78, 5) is 30.0. The Morgan fingerprint density at radius 2 is 1.81 bits per heavy atom. The number of esters is 1. The lowest BCUT2D eigenvalue weighted by atomic mass is 10.2. The van der Waals surface area contributed by atoms with Crippen LogP contribution in [0.1, 0.15) is 17.3 Å². The van der Waals surface area contributed by atoms with Gasteiger partial charge in [-0.3, -0.25) is 4.79 Å². The minimum Gasteiger partial charge on any atom is -0.452 e. The molecule has 0 atom stereocenters. The number of carbonyl (C=O) groups excluding carboxylic acids is 2. The summed E-state index contributed by atoms with van der Waals surface area (Å²) in [5, 5.41) is 4.02. The quantitative estimate of drug-likeness (QED) is 0.638. The van der Waals surface area contributed by atoms with Gasteiger partial charge in [0.1, 0.15) is 12.7 Å². The first-order chi connectivity index (χ1) is 12.7. The Morgan fingerprint density at radius 3 is 2.42 bits per heavy atom. The summed E-state index contributed by atoms with van der Waals surface area (Å²) in [5.41, 5.74) is 1.91. The maximum Gasteiger partial charge on any atom is 0.338 e. The third-order valence-electron chi connectivity index (χ3n) is 3.80. The number of anilines is 1. The molecule has 0 N–H and O–H groups in total. The van der Waals surface area contributed by atoms with Crippen LogP contribution in [0.4, 0.5) is 5.69 Å². The molecule has 0 saturated carbocycles. The molecule has 0 radical (unpaired) electrons. The van der Waals surface area contributed by atoms with Gasteiger partial charge in [-0.1, -0.05) is 18.2 Å². The lowest BCUT2D eigenvalue weighted by Gasteiger charge is -2.20. The molecule has 0 aliphatic rings. The summed E-state index contributed by atoms with van der Waals surface area (Å²) in [6.45, 7) is 2.05. The van der Waals surface area contributed by atoms with Crippen LogP contribution in [0, 0.1) is 0 Å². The van der Waals surface area contributed by atoms with Gasteiger partial charge < -0.3 is 9.64 Å². The summed E-state index contributed by atoms with van der Waals surface area (Å²) in [7, 11) is 0. The van der Waals surface area contributed by atoms with Crippen molar-refractivity contribution in [2.45, 2.75) is 6.92 Å². The second kappa shape index (κ2) is 8.06. The molecule has 0 saturated heterocycles. The number of rotatable bonds is 6. The predicted molar refractivity (Wildman–Crippen MR) is 96.1 cm³/mol. The van der Waals surface area contributed by atoms with Gasteiger partial charge in [-0.2, -0.15) is 5.10 Å². The fourth-order valence-electron chi connectivity index (χ4n) is 2.49. The van der Waals surface area contributed by atoms with Crippen molar-refractivity contribution < 1.29 is 14.3 Å². The Labute approximate surface area is 150 Å². The minimum absolute atomic E-state index is 0.272. The van der Waals surface area contributed by atoms with Crippen molar-refractivity contribution in [2.75, 3.05) is 18.1 Å². The standard InChI is InChI=1S/C19H18N4O3/c1-2-22(16-6-4-3-5-7-16)18(24)12-26-19(25)15-8-10-17(11-9-15)23-14-20-13-21-23/h3-11,13-14H,2,12H2,1H3. The van der Waals surface area contributed by atoms with Crippen molar-refractivity contribution in [1.82, 2.24) is 14.8 Å². The van der Waals surface area contributed by atoms with Crippen molar-refractivity contribution in [1.29, 1.82) is 0 Å². The van der Waals surface area contributed by atoms with Crippen molar-refractivity contribution >= 4 is 17.6 Å². The monoisotopic (exact) mass is 350 g/mol. The fourth-order valence-corrected chi connectivity index (χ4v) is 2.49. The van der Waals surface area contributed by atoms with Gasteiger partial charge in [0.25, 0.3) is 5.91 Å². The molecule has 3 rings (SSSR count). The number of para-hydroxylation sites is 1. The SMILES string of the molecule is CCN(C(=O)COC(=O)c1ccc(-n2cncn2)cc1)c1ccccc1. The highest BCUT2D eigenvalue weighted by Crippen LogP contribution is 2.14. The molecular weight excluding hydrogens is 332 g/mol. The maximum atomic E-state index is 12.4. The third kappa shape index (κ3) is 3.94. The van der Waals surface area contributed by atoms with Gasteiger partial charge in [0.15, 0.2) is 6.61 Å². The van der Waals surface area contributed by atoms with Crippen LogP contribution in [-0.2, 0) is 9.53 Å². The maximum absolute atomic E-state index is 12.4. The molecule has 1 amide bonds. The molecule has 7 nitrogen and oxygen atoms in total. The largest absolute Gasteiger partial charge is 0.452 e. The van der Waals surface area contributed by atoms with E-state index in [0.29, 0.717) is 12.1 Å². The first-order valence-electron chi connectivity index (χ1n) is 8.16.